The number of nitrogens with one attached hydrogen (secondary N) is 1. The van der Waals surface area contributed by atoms with Crippen molar-refractivity contribution in [2.24, 2.45) is 11.8 Å². The predicted molar refractivity (Wildman–Crippen MR) is 58.9 cm³/mol. The van der Waals surface area contributed by atoms with Gasteiger partial charge in [-0.1, -0.05) is 27.7 Å². The van der Waals surface area contributed by atoms with Crippen LogP contribution in [0.5, 0.6) is 0 Å². The lowest BCUT2D eigenvalue weighted by Gasteiger charge is -2.25. The van der Waals surface area contributed by atoms with Crippen molar-refractivity contribution in [3.8, 4) is 0 Å². The molecule has 1 aliphatic carbocycles. The van der Waals surface area contributed by atoms with Crippen LogP contribution in [0.1, 0.15) is 53.4 Å². The summed E-state index contributed by atoms with van der Waals surface area (Å²) < 4.78 is 0. The normalized spacial score (nSPS) is 34.4. The molecular weight excluding hydrogens is 158 g/mol. The van der Waals surface area contributed by atoms with Crippen LogP contribution in [0.3, 0.4) is 0 Å². The van der Waals surface area contributed by atoms with Crippen LogP contribution >= 0.6 is 0 Å². The Morgan fingerprint density at radius 3 is 2.15 bits per heavy atom. The molecule has 1 saturated carbocycles. The Bertz CT molecular complexity index is 140. The van der Waals surface area contributed by atoms with E-state index in [4.69, 9.17) is 0 Å². The van der Waals surface area contributed by atoms with E-state index >= 15 is 0 Å². The van der Waals surface area contributed by atoms with Crippen molar-refractivity contribution < 1.29 is 0 Å². The first-order valence-corrected chi connectivity index (χ1v) is 5.95. The van der Waals surface area contributed by atoms with Crippen molar-refractivity contribution >= 4 is 0 Å². The molecule has 1 fully saturated rings. The van der Waals surface area contributed by atoms with E-state index in [-0.39, 0.29) is 0 Å². The van der Waals surface area contributed by atoms with Gasteiger partial charge in [0.1, 0.15) is 0 Å². The van der Waals surface area contributed by atoms with Gasteiger partial charge in [-0.3, -0.25) is 0 Å². The molecule has 1 nitrogen and oxygen atoms in total. The third-order valence-electron chi connectivity index (χ3n) is 3.90. The van der Waals surface area contributed by atoms with Gasteiger partial charge in [0.15, 0.2) is 0 Å². The molecule has 0 amide bonds. The van der Waals surface area contributed by atoms with Crippen LogP contribution in [0, 0.1) is 11.8 Å². The van der Waals surface area contributed by atoms with Crippen LogP contribution in [0.25, 0.3) is 0 Å². The molecule has 0 aromatic rings. The first-order valence-electron chi connectivity index (χ1n) is 5.95. The summed E-state index contributed by atoms with van der Waals surface area (Å²) in [6.07, 6.45) is 5.35. The Morgan fingerprint density at radius 1 is 1.15 bits per heavy atom. The Hall–Kier alpha value is -0.0400. The highest BCUT2D eigenvalue weighted by Gasteiger charge is 2.30. The fraction of sp³-hybridized carbons (Fsp3) is 1.00. The van der Waals surface area contributed by atoms with E-state index < -0.39 is 0 Å². The maximum Gasteiger partial charge on any atom is 0.00979 e. The number of rotatable bonds is 4. The lowest BCUT2D eigenvalue weighted by Crippen LogP contribution is -2.39. The molecule has 1 rings (SSSR count). The van der Waals surface area contributed by atoms with Crippen molar-refractivity contribution in [2.75, 3.05) is 0 Å². The van der Waals surface area contributed by atoms with Crippen molar-refractivity contribution in [1.82, 2.24) is 5.32 Å². The third kappa shape index (κ3) is 2.70. The molecule has 13 heavy (non-hydrogen) atoms. The lowest BCUT2D eigenvalue weighted by atomic mass is 9.97. The van der Waals surface area contributed by atoms with E-state index in [1.165, 1.54) is 25.7 Å². The van der Waals surface area contributed by atoms with Gasteiger partial charge in [-0.2, -0.15) is 0 Å². The summed E-state index contributed by atoms with van der Waals surface area (Å²) in [7, 11) is 0. The predicted octanol–water partition coefficient (Wildman–Crippen LogP) is 3.20. The summed E-state index contributed by atoms with van der Waals surface area (Å²) in [5.74, 6) is 1.80. The second-order valence-corrected chi connectivity index (χ2v) is 4.70. The third-order valence-corrected chi connectivity index (χ3v) is 3.90. The van der Waals surface area contributed by atoms with Gasteiger partial charge >= 0.3 is 0 Å². The van der Waals surface area contributed by atoms with E-state index in [2.05, 4.69) is 33.0 Å². The first kappa shape index (κ1) is 11.0. The average Bonchev–Trinajstić information content (AvgIpc) is 2.45. The monoisotopic (exact) mass is 183 g/mol. The maximum absolute atomic E-state index is 3.80. The van der Waals surface area contributed by atoms with Gasteiger partial charge in [0, 0.05) is 12.1 Å². The van der Waals surface area contributed by atoms with E-state index in [1.54, 1.807) is 0 Å². The van der Waals surface area contributed by atoms with E-state index in [9.17, 15) is 0 Å². The van der Waals surface area contributed by atoms with Gasteiger partial charge in [-0.05, 0) is 37.5 Å². The summed E-state index contributed by atoms with van der Waals surface area (Å²) in [6.45, 7) is 9.35. The van der Waals surface area contributed by atoms with Gasteiger partial charge in [0.2, 0.25) is 0 Å². The molecule has 0 aromatic carbocycles. The first-order chi connectivity index (χ1) is 6.19. The van der Waals surface area contributed by atoms with Crippen LogP contribution in [-0.4, -0.2) is 12.1 Å². The maximum atomic E-state index is 3.80. The zero-order valence-corrected chi connectivity index (χ0v) is 9.64. The van der Waals surface area contributed by atoms with Crippen LogP contribution in [0.15, 0.2) is 0 Å². The Balaban J connectivity index is 2.36. The molecule has 1 N–H and O–H groups in total. The Morgan fingerprint density at radius 2 is 1.77 bits per heavy atom. The molecule has 0 spiro atoms. The minimum absolute atomic E-state index is 0.748. The SMILES string of the molecule is CCC(CC)NC1CCC(C)C1C. The molecule has 3 unspecified atom stereocenters. The smallest absolute Gasteiger partial charge is 0.00979 e. The number of hydrogen-bond acceptors (Lipinski definition) is 1. The van der Waals surface area contributed by atoms with Crippen LogP contribution in [-0.2, 0) is 0 Å². The molecule has 78 valence electrons. The Kier molecular flexibility index (Phi) is 4.24. The fourth-order valence-corrected chi connectivity index (χ4v) is 2.43. The second kappa shape index (κ2) is 4.99. The summed E-state index contributed by atoms with van der Waals surface area (Å²) in [5, 5.41) is 3.80. The quantitative estimate of drug-likeness (QED) is 0.706. The molecule has 3 atom stereocenters. The highest BCUT2D eigenvalue weighted by Crippen LogP contribution is 2.31. The average molecular weight is 183 g/mol. The molecule has 0 heterocycles. The van der Waals surface area contributed by atoms with Crippen LogP contribution in [0.2, 0.25) is 0 Å². The van der Waals surface area contributed by atoms with Gasteiger partial charge in [0.05, 0.1) is 0 Å². The summed E-state index contributed by atoms with van der Waals surface area (Å²) in [5.41, 5.74) is 0. The van der Waals surface area contributed by atoms with E-state index in [0.717, 1.165) is 23.9 Å². The minimum atomic E-state index is 0.748. The van der Waals surface area contributed by atoms with Crippen molar-refractivity contribution in [2.45, 2.75) is 65.5 Å². The highest BCUT2D eigenvalue weighted by atomic mass is 15.0. The highest BCUT2D eigenvalue weighted by molar-refractivity contribution is 4.86. The minimum Gasteiger partial charge on any atom is -0.311 e. The fourth-order valence-electron chi connectivity index (χ4n) is 2.43. The van der Waals surface area contributed by atoms with E-state index in [0.29, 0.717) is 0 Å². The molecule has 0 radical (unpaired) electrons. The van der Waals surface area contributed by atoms with Gasteiger partial charge in [-0.15, -0.1) is 0 Å². The summed E-state index contributed by atoms with van der Waals surface area (Å²) in [4.78, 5) is 0. The molecular formula is C12H25N. The lowest BCUT2D eigenvalue weighted by molar-refractivity contribution is 0.328. The standard InChI is InChI=1S/C12H25N/c1-5-11(6-2)13-12-8-7-9(3)10(12)4/h9-13H,5-8H2,1-4H3. The van der Waals surface area contributed by atoms with E-state index in [1.807, 2.05) is 0 Å². The largest absolute Gasteiger partial charge is 0.311 e. The zero-order valence-electron chi connectivity index (χ0n) is 9.64. The molecule has 0 aliphatic heterocycles. The molecule has 0 bridgehead atoms. The van der Waals surface area contributed by atoms with Gasteiger partial charge < -0.3 is 5.32 Å². The summed E-state index contributed by atoms with van der Waals surface area (Å²) >= 11 is 0. The van der Waals surface area contributed by atoms with Gasteiger partial charge in [0.25, 0.3) is 0 Å². The molecule has 0 aromatic heterocycles. The molecule has 1 aliphatic rings. The summed E-state index contributed by atoms with van der Waals surface area (Å²) in [6, 6.07) is 1.54. The number of hydrogen-bond donors (Lipinski definition) is 1. The molecule has 1 heteroatoms. The van der Waals surface area contributed by atoms with Crippen LogP contribution in [0.4, 0.5) is 0 Å². The zero-order chi connectivity index (χ0) is 9.84. The van der Waals surface area contributed by atoms with Crippen molar-refractivity contribution in [3.05, 3.63) is 0 Å². The van der Waals surface area contributed by atoms with Crippen molar-refractivity contribution in [1.29, 1.82) is 0 Å². The van der Waals surface area contributed by atoms with Crippen LogP contribution < -0.4 is 5.32 Å². The Labute approximate surface area is 83.3 Å². The second-order valence-electron chi connectivity index (χ2n) is 4.70. The topological polar surface area (TPSA) is 12.0 Å². The molecule has 0 saturated heterocycles. The van der Waals surface area contributed by atoms with Crippen molar-refractivity contribution in [3.63, 3.8) is 0 Å². The van der Waals surface area contributed by atoms with Gasteiger partial charge in [-0.25, -0.2) is 0 Å².